The number of benzene rings is 1. The minimum Gasteiger partial charge on any atom is -0.351 e. The number of hydrogen-bond acceptors (Lipinski definition) is 4. The molecular formula is C15H15N3O2S. The van der Waals surface area contributed by atoms with Gasteiger partial charge in [-0.15, -0.1) is 0 Å². The molecule has 108 valence electrons. The number of amides is 1. The van der Waals surface area contributed by atoms with Crippen LogP contribution in [-0.2, 0) is 6.54 Å². The van der Waals surface area contributed by atoms with Crippen molar-refractivity contribution in [1.29, 1.82) is 0 Å². The topological polar surface area (TPSA) is 60.4 Å². The third-order valence-electron chi connectivity index (χ3n) is 3.46. The molecule has 5 nitrogen and oxygen atoms in total. The second-order valence-corrected chi connectivity index (χ2v) is 5.84. The monoisotopic (exact) mass is 301 g/mol. The summed E-state index contributed by atoms with van der Waals surface area (Å²) in [7, 11) is 0. The fourth-order valence-electron chi connectivity index (χ4n) is 2.18. The quantitative estimate of drug-likeness (QED) is 0.731. The Hall–Kier alpha value is -2.21. The van der Waals surface area contributed by atoms with Gasteiger partial charge in [0.1, 0.15) is 0 Å². The molecule has 2 heterocycles. The third-order valence-corrected chi connectivity index (χ3v) is 4.50. The van der Waals surface area contributed by atoms with Crippen molar-refractivity contribution in [3.8, 4) is 0 Å². The van der Waals surface area contributed by atoms with Gasteiger partial charge >= 0.3 is 5.91 Å². The van der Waals surface area contributed by atoms with Crippen LogP contribution in [0.5, 0.6) is 0 Å². The van der Waals surface area contributed by atoms with Crippen LogP contribution in [0.4, 0.5) is 0 Å². The maximum absolute atomic E-state index is 12.0. The molecular weight excluding hydrogens is 286 g/mol. The van der Waals surface area contributed by atoms with Crippen LogP contribution in [0.1, 0.15) is 28.6 Å². The van der Waals surface area contributed by atoms with E-state index in [2.05, 4.69) is 36.1 Å². The van der Waals surface area contributed by atoms with Gasteiger partial charge in [-0.25, -0.2) is 0 Å². The SMILES string of the molecule is CCn1c(=NC(=O)c2ccno2)sc2cc(C)c(C)cc21. The Balaban J connectivity index is 2.21. The minimum absolute atomic E-state index is 0.155. The number of carbonyl (C=O) groups excluding carboxylic acids is 1. The van der Waals surface area contributed by atoms with Crippen LogP contribution < -0.4 is 4.80 Å². The second kappa shape index (κ2) is 5.29. The van der Waals surface area contributed by atoms with Crippen molar-refractivity contribution in [2.75, 3.05) is 0 Å². The zero-order valence-corrected chi connectivity index (χ0v) is 12.9. The molecule has 0 fully saturated rings. The molecule has 21 heavy (non-hydrogen) atoms. The standard InChI is InChI=1S/C15H15N3O2S/c1-4-18-11-7-9(2)10(3)8-13(11)21-15(18)17-14(19)12-5-6-16-20-12/h5-8H,4H2,1-3H3. The molecule has 0 saturated carbocycles. The number of aromatic nitrogens is 2. The predicted molar refractivity (Wildman–Crippen MR) is 81.4 cm³/mol. The van der Waals surface area contributed by atoms with Crippen LogP contribution in [0.15, 0.2) is 33.9 Å². The Morgan fingerprint density at radius 2 is 2.14 bits per heavy atom. The molecule has 0 unspecified atom stereocenters. The van der Waals surface area contributed by atoms with Gasteiger partial charge in [-0.2, -0.15) is 4.99 Å². The Bertz CT molecular complexity index is 872. The van der Waals surface area contributed by atoms with Gasteiger partial charge in [0, 0.05) is 12.6 Å². The summed E-state index contributed by atoms with van der Waals surface area (Å²) in [5.74, 6) is -0.253. The molecule has 0 aliphatic rings. The number of hydrogen-bond donors (Lipinski definition) is 0. The number of fused-ring (bicyclic) bond motifs is 1. The Labute approximate surface area is 125 Å². The predicted octanol–water partition coefficient (Wildman–Crippen LogP) is 3.07. The summed E-state index contributed by atoms with van der Waals surface area (Å²) in [6, 6.07) is 5.80. The Kier molecular flexibility index (Phi) is 3.47. The van der Waals surface area contributed by atoms with E-state index in [1.165, 1.54) is 34.7 Å². The first-order valence-electron chi connectivity index (χ1n) is 6.70. The van der Waals surface area contributed by atoms with Crippen LogP contribution in [0.3, 0.4) is 0 Å². The van der Waals surface area contributed by atoms with E-state index in [1.807, 2.05) is 11.5 Å². The van der Waals surface area contributed by atoms with Crippen molar-refractivity contribution in [2.45, 2.75) is 27.3 Å². The molecule has 3 rings (SSSR count). The van der Waals surface area contributed by atoms with E-state index in [1.54, 1.807) is 0 Å². The molecule has 0 bridgehead atoms. The molecule has 0 aliphatic carbocycles. The highest BCUT2D eigenvalue weighted by atomic mass is 32.1. The first kappa shape index (κ1) is 13.8. The van der Waals surface area contributed by atoms with Crippen LogP contribution in [0.2, 0.25) is 0 Å². The van der Waals surface area contributed by atoms with Gasteiger partial charge < -0.3 is 9.09 Å². The number of carbonyl (C=O) groups is 1. The lowest BCUT2D eigenvalue weighted by atomic mass is 10.1. The molecule has 0 spiro atoms. The van der Waals surface area contributed by atoms with Crippen molar-refractivity contribution in [2.24, 2.45) is 4.99 Å². The highest BCUT2D eigenvalue weighted by Crippen LogP contribution is 2.22. The molecule has 0 saturated heterocycles. The van der Waals surface area contributed by atoms with Crippen molar-refractivity contribution in [3.63, 3.8) is 0 Å². The van der Waals surface area contributed by atoms with E-state index in [0.29, 0.717) is 4.80 Å². The summed E-state index contributed by atoms with van der Waals surface area (Å²) in [5.41, 5.74) is 3.57. The van der Waals surface area contributed by atoms with Gasteiger partial charge in [-0.1, -0.05) is 16.5 Å². The molecule has 1 amide bonds. The fourth-order valence-corrected chi connectivity index (χ4v) is 3.35. The van der Waals surface area contributed by atoms with E-state index in [4.69, 9.17) is 4.52 Å². The van der Waals surface area contributed by atoms with E-state index in [9.17, 15) is 4.79 Å². The third kappa shape index (κ3) is 2.42. The lowest BCUT2D eigenvalue weighted by molar-refractivity contribution is 0.0962. The average molecular weight is 301 g/mol. The van der Waals surface area contributed by atoms with Gasteiger partial charge in [-0.3, -0.25) is 4.79 Å². The zero-order chi connectivity index (χ0) is 15.0. The van der Waals surface area contributed by atoms with Crippen LogP contribution in [0.25, 0.3) is 10.2 Å². The highest BCUT2D eigenvalue weighted by molar-refractivity contribution is 7.16. The maximum atomic E-state index is 12.0. The van der Waals surface area contributed by atoms with Gasteiger partial charge in [-0.05, 0) is 44.0 Å². The molecule has 2 aromatic heterocycles. The summed E-state index contributed by atoms with van der Waals surface area (Å²) in [6.07, 6.45) is 1.44. The van der Waals surface area contributed by atoms with Crippen LogP contribution in [-0.4, -0.2) is 15.6 Å². The van der Waals surface area contributed by atoms with Crippen molar-refractivity contribution >= 4 is 27.5 Å². The van der Waals surface area contributed by atoms with E-state index in [-0.39, 0.29) is 5.76 Å². The minimum atomic E-state index is -0.408. The second-order valence-electron chi connectivity index (χ2n) is 4.83. The lowest BCUT2D eigenvalue weighted by Crippen LogP contribution is -2.15. The summed E-state index contributed by atoms with van der Waals surface area (Å²) >= 11 is 1.51. The lowest BCUT2D eigenvalue weighted by Gasteiger charge is -2.03. The first-order valence-corrected chi connectivity index (χ1v) is 7.52. The van der Waals surface area contributed by atoms with E-state index >= 15 is 0 Å². The fraction of sp³-hybridized carbons (Fsp3) is 0.267. The van der Waals surface area contributed by atoms with Crippen molar-refractivity contribution < 1.29 is 9.32 Å². The number of thiazole rings is 1. The molecule has 0 radical (unpaired) electrons. The van der Waals surface area contributed by atoms with E-state index < -0.39 is 5.91 Å². The van der Waals surface area contributed by atoms with Crippen molar-refractivity contribution in [1.82, 2.24) is 9.72 Å². The van der Waals surface area contributed by atoms with Gasteiger partial charge in [0.25, 0.3) is 0 Å². The molecule has 0 N–H and O–H groups in total. The number of rotatable bonds is 2. The zero-order valence-electron chi connectivity index (χ0n) is 12.1. The molecule has 6 heteroatoms. The Morgan fingerprint density at radius 3 is 2.81 bits per heavy atom. The molecule has 1 aromatic carbocycles. The van der Waals surface area contributed by atoms with Crippen molar-refractivity contribution in [3.05, 3.63) is 46.1 Å². The summed E-state index contributed by atoms with van der Waals surface area (Å²) in [4.78, 5) is 16.9. The van der Waals surface area contributed by atoms with Gasteiger partial charge in [0.2, 0.25) is 5.76 Å². The van der Waals surface area contributed by atoms with Crippen LogP contribution in [0, 0.1) is 13.8 Å². The molecule has 3 aromatic rings. The highest BCUT2D eigenvalue weighted by Gasteiger charge is 2.11. The summed E-state index contributed by atoms with van der Waals surface area (Å²) < 4.78 is 8.03. The van der Waals surface area contributed by atoms with Gasteiger partial charge in [0.05, 0.1) is 16.4 Å². The van der Waals surface area contributed by atoms with E-state index in [0.717, 1.165) is 16.8 Å². The van der Waals surface area contributed by atoms with Crippen LogP contribution >= 0.6 is 11.3 Å². The van der Waals surface area contributed by atoms with Gasteiger partial charge in [0.15, 0.2) is 4.80 Å². The normalized spacial score (nSPS) is 12.2. The first-order chi connectivity index (χ1) is 10.1. The number of nitrogens with zero attached hydrogens (tertiary/aromatic N) is 3. The largest absolute Gasteiger partial charge is 0.351 e. The average Bonchev–Trinajstić information content (AvgIpc) is 3.07. The molecule has 0 aliphatic heterocycles. The smallest absolute Gasteiger partial charge is 0.318 e. The Morgan fingerprint density at radius 1 is 1.38 bits per heavy atom. The summed E-state index contributed by atoms with van der Waals surface area (Å²) in [5, 5.41) is 3.53. The molecule has 0 atom stereocenters. The number of aryl methyl sites for hydroxylation is 3. The maximum Gasteiger partial charge on any atom is 0.318 e. The summed E-state index contributed by atoms with van der Waals surface area (Å²) in [6.45, 7) is 6.97.